The molecule has 8 heteroatoms. The quantitative estimate of drug-likeness (QED) is 0.504. The van der Waals surface area contributed by atoms with E-state index in [0.717, 1.165) is 55.2 Å². The van der Waals surface area contributed by atoms with E-state index in [-0.39, 0.29) is 5.82 Å². The van der Waals surface area contributed by atoms with E-state index in [4.69, 9.17) is 4.74 Å². The molecule has 7 nitrogen and oxygen atoms in total. The fourth-order valence-corrected chi connectivity index (χ4v) is 4.14. The molecule has 0 unspecified atom stereocenters. The summed E-state index contributed by atoms with van der Waals surface area (Å²) < 4.78 is 20.9. The highest BCUT2D eigenvalue weighted by molar-refractivity contribution is 5.87. The predicted octanol–water partition coefficient (Wildman–Crippen LogP) is 3.68. The van der Waals surface area contributed by atoms with Gasteiger partial charge >= 0.3 is 0 Å². The topological polar surface area (TPSA) is 59.3 Å². The first-order valence-electron chi connectivity index (χ1n) is 10.3. The molecule has 5 rings (SSSR count). The lowest BCUT2D eigenvalue weighted by atomic mass is 10.2. The molecule has 1 saturated heterocycles. The van der Waals surface area contributed by atoms with Crippen molar-refractivity contribution >= 4 is 22.5 Å². The summed E-state index contributed by atoms with van der Waals surface area (Å²) in [5.74, 6) is 1.44. The summed E-state index contributed by atoms with van der Waals surface area (Å²) in [5, 5.41) is 5.32. The van der Waals surface area contributed by atoms with Crippen molar-refractivity contribution in [1.29, 1.82) is 0 Å². The number of fused-ring (bicyclic) bond motifs is 1. The van der Waals surface area contributed by atoms with Gasteiger partial charge in [-0.25, -0.2) is 19.0 Å². The zero-order valence-electron chi connectivity index (χ0n) is 17.3. The maximum Gasteiger partial charge on any atom is 0.168 e. The van der Waals surface area contributed by atoms with Crippen LogP contribution >= 0.6 is 0 Å². The standard InChI is InChI=1S/C23H23FN6O/c1-31-21-9-3-2-8-20(21)28-10-5-11-29(13-12-28)22-19-15-27-30(23(19)26-16-25-22)18-7-4-6-17(24)14-18/h2-4,6-9,14-16H,5,10-13H2,1H3. The zero-order chi connectivity index (χ0) is 21.2. The number of anilines is 2. The van der Waals surface area contributed by atoms with Crippen LogP contribution in [0.4, 0.5) is 15.9 Å². The number of halogens is 1. The van der Waals surface area contributed by atoms with Gasteiger partial charge in [0.05, 0.1) is 30.1 Å². The van der Waals surface area contributed by atoms with Crippen LogP contribution in [0.25, 0.3) is 16.7 Å². The van der Waals surface area contributed by atoms with Gasteiger partial charge < -0.3 is 14.5 Å². The lowest BCUT2D eigenvalue weighted by Crippen LogP contribution is -2.31. The van der Waals surface area contributed by atoms with Crippen molar-refractivity contribution in [3.8, 4) is 11.4 Å². The van der Waals surface area contributed by atoms with Crippen molar-refractivity contribution < 1.29 is 9.13 Å². The molecule has 31 heavy (non-hydrogen) atoms. The highest BCUT2D eigenvalue weighted by atomic mass is 19.1. The molecule has 0 atom stereocenters. The molecule has 3 heterocycles. The largest absolute Gasteiger partial charge is 0.495 e. The molecule has 2 aromatic carbocycles. The Morgan fingerprint density at radius 1 is 0.935 bits per heavy atom. The Bertz CT molecular complexity index is 1210. The van der Waals surface area contributed by atoms with Crippen LogP contribution in [-0.2, 0) is 0 Å². The Morgan fingerprint density at radius 3 is 2.65 bits per heavy atom. The summed E-state index contributed by atoms with van der Waals surface area (Å²) in [6, 6.07) is 14.5. The van der Waals surface area contributed by atoms with Crippen LogP contribution in [0.15, 0.2) is 61.1 Å². The van der Waals surface area contributed by atoms with Gasteiger partial charge in [0, 0.05) is 26.2 Å². The summed E-state index contributed by atoms with van der Waals surface area (Å²) in [5.41, 5.74) is 2.41. The molecule has 0 N–H and O–H groups in total. The van der Waals surface area contributed by atoms with E-state index >= 15 is 0 Å². The van der Waals surface area contributed by atoms with E-state index in [1.807, 2.05) is 24.3 Å². The van der Waals surface area contributed by atoms with E-state index < -0.39 is 0 Å². The third-order valence-corrected chi connectivity index (χ3v) is 5.62. The summed E-state index contributed by atoms with van der Waals surface area (Å²) >= 11 is 0. The Morgan fingerprint density at radius 2 is 1.77 bits per heavy atom. The van der Waals surface area contributed by atoms with Crippen LogP contribution < -0.4 is 14.5 Å². The molecule has 1 aliphatic rings. The van der Waals surface area contributed by atoms with Crippen LogP contribution in [0.3, 0.4) is 0 Å². The van der Waals surface area contributed by atoms with Gasteiger partial charge in [0.25, 0.3) is 0 Å². The first kappa shape index (κ1) is 19.3. The van der Waals surface area contributed by atoms with Gasteiger partial charge in [0.2, 0.25) is 0 Å². The van der Waals surface area contributed by atoms with E-state index in [1.54, 1.807) is 30.4 Å². The van der Waals surface area contributed by atoms with Crippen LogP contribution in [-0.4, -0.2) is 53.0 Å². The molecule has 158 valence electrons. The summed E-state index contributed by atoms with van der Waals surface area (Å²) in [6.45, 7) is 3.48. The van der Waals surface area contributed by atoms with E-state index in [0.29, 0.717) is 11.3 Å². The van der Waals surface area contributed by atoms with Gasteiger partial charge in [-0.15, -0.1) is 0 Å². The Hall–Kier alpha value is -3.68. The molecule has 1 aliphatic heterocycles. The lowest BCUT2D eigenvalue weighted by Gasteiger charge is -2.25. The average Bonchev–Trinajstić information content (AvgIpc) is 3.09. The van der Waals surface area contributed by atoms with Gasteiger partial charge in [-0.3, -0.25) is 0 Å². The summed E-state index contributed by atoms with van der Waals surface area (Å²) in [4.78, 5) is 13.6. The molecule has 2 aromatic heterocycles. The first-order chi connectivity index (χ1) is 15.2. The minimum atomic E-state index is -0.306. The maximum atomic E-state index is 13.7. The van der Waals surface area contributed by atoms with Crippen molar-refractivity contribution in [2.24, 2.45) is 0 Å². The van der Waals surface area contributed by atoms with E-state index in [9.17, 15) is 4.39 Å². The SMILES string of the molecule is COc1ccccc1N1CCCN(c2ncnc3c2cnn3-c2cccc(F)c2)CC1. The van der Waals surface area contributed by atoms with Crippen molar-refractivity contribution in [3.05, 3.63) is 66.9 Å². The number of methoxy groups -OCH3 is 1. The van der Waals surface area contributed by atoms with Crippen molar-refractivity contribution in [1.82, 2.24) is 19.7 Å². The number of nitrogens with zero attached hydrogens (tertiary/aromatic N) is 6. The van der Waals surface area contributed by atoms with Gasteiger partial charge in [0.15, 0.2) is 5.65 Å². The molecule has 1 fully saturated rings. The number of aromatic nitrogens is 4. The molecule has 0 spiro atoms. The van der Waals surface area contributed by atoms with Gasteiger partial charge in [-0.2, -0.15) is 5.10 Å². The van der Waals surface area contributed by atoms with Crippen LogP contribution in [0.5, 0.6) is 5.75 Å². The summed E-state index contributed by atoms with van der Waals surface area (Å²) in [7, 11) is 1.71. The number of hydrogen-bond acceptors (Lipinski definition) is 6. The fraction of sp³-hybridized carbons (Fsp3) is 0.261. The van der Waals surface area contributed by atoms with Crippen LogP contribution in [0.2, 0.25) is 0 Å². The minimum absolute atomic E-state index is 0.306. The number of ether oxygens (including phenoxy) is 1. The summed E-state index contributed by atoms with van der Waals surface area (Å²) in [6.07, 6.45) is 4.30. The first-order valence-corrected chi connectivity index (χ1v) is 10.3. The number of hydrogen-bond donors (Lipinski definition) is 0. The Labute approximate surface area is 179 Å². The van der Waals surface area contributed by atoms with Gasteiger partial charge in [-0.1, -0.05) is 18.2 Å². The van der Waals surface area contributed by atoms with E-state index in [1.165, 1.54) is 12.1 Å². The lowest BCUT2D eigenvalue weighted by molar-refractivity contribution is 0.414. The Balaban J connectivity index is 1.44. The molecular weight excluding hydrogens is 395 g/mol. The van der Waals surface area contributed by atoms with Crippen LogP contribution in [0, 0.1) is 5.82 Å². The normalized spacial score (nSPS) is 14.6. The van der Waals surface area contributed by atoms with Crippen molar-refractivity contribution in [2.75, 3.05) is 43.1 Å². The smallest absolute Gasteiger partial charge is 0.168 e. The molecule has 0 aliphatic carbocycles. The maximum absolute atomic E-state index is 13.7. The minimum Gasteiger partial charge on any atom is -0.495 e. The molecule has 0 radical (unpaired) electrons. The molecular formula is C23H23FN6O. The fourth-order valence-electron chi connectivity index (χ4n) is 4.14. The number of benzene rings is 2. The predicted molar refractivity (Wildman–Crippen MR) is 119 cm³/mol. The van der Waals surface area contributed by atoms with Crippen molar-refractivity contribution in [3.63, 3.8) is 0 Å². The average molecular weight is 418 g/mol. The second-order valence-corrected chi connectivity index (χ2v) is 7.47. The van der Waals surface area contributed by atoms with Crippen molar-refractivity contribution in [2.45, 2.75) is 6.42 Å². The third-order valence-electron chi connectivity index (χ3n) is 5.62. The van der Waals surface area contributed by atoms with E-state index in [2.05, 4.69) is 30.9 Å². The molecule has 4 aromatic rings. The number of rotatable bonds is 4. The zero-order valence-corrected chi connectivity index (χ0v) is 17.3. The number of para-hydroxylation sites is 2. The molecule has 0 amide bonds. The molecule has 0 saturated carbocycles. The van der Waals surface area contributed by atoms with Gasteiger partial charge in [-0.05, 0) is 36.8 Å². The molecule has 0 bridgehead atoms. The highest BCUT2D eigenvalue weighted by Gasteiger charge is 2.21. The third kappa shape index (κ3) is 3.65. The second kappa shape index (κ2) is 8.22. The Kier molecular flexibility index (Phi) is 5.11. The van der Waals surface area contributed by atoms with Crippen LogP contribution in [0.1, 0.15) is 6.42 Å². The van der Waals surface area contributed by atoms with Gasteiger partial charge in [0.1, 0.15) is 23.7 Å². The second-order valence-electron chi connectivity index (χ2n) is 7.47. The highest BCUT2D eigenvalue weighted by Crippen LogP contribution is 2.30. The monoisotopic (exact) mass is 418 g/mol.